The highest BCUT2D eigenvalue weighted by Gasteiger charge is 2.14. The molecule has 0 atom stereocenters. The Morgan fingerprint density at radius 2 is 1.67 bits per heavy atom. The van der Waals surface area contributed by atoms with E-state index in [4.69, 9.17) is 4.74 Å². The van der Waals surface area contributed by atoms with Gasteiger partial charge in [-0.15, -0.1) is 0 Å². The molecule has 5 nitrogen and oxygen atoms in total. The first-order valence-corrected chi connectivity index (χ1v) is 10.1. The van der Waals surface area contributed by atoms with Crippen LogP contribution in [0.1, 0.15) is 16.8 Å². The van der Waals surface area contributed by atoms with Crippen molar-refractivity contribution in [1.29, 1.82) is 0 Å². The Bertz CT molecular complexity index is 1030. The molecule has 0 spiro atoms. The number of carbonyl (C=O) groups excluding carboxylic acids is 2. The Morgan fingerprint density at radius 3 is 2.37 bits per heavy atom. The van der Waals surface area contributed by atoms with Crippen molar-refractivity contribution in [1.82, 2.24) is 5.32 Å². The molecule has 0 saturated heterocycles. The molecule has 0 aliphatic carbocycles. The van der Waals surface area contributed by atoms with Gasteiger partial charge in [0.15, 0.2) is 0 Å². The quantitative estimate of drug-likeness (QED) is 0.518. The van der Waals surface area contributed by atoms with Crippen LogP contribution in [0.4, 0.5) is 10.1 Å². The number of nitrogens with zero attached hydrogens (tertiary/aromatic N) is 1. The first kappa shape index (κ1) is 21.5. The number of benzene rings is 3. The van der Waals surface area contributed by atoms with Gasteiger partial charge >= 0.3 is 0 Å². The summed E-state index contributed by atoms with van der Waals surface area (Å²) in [5.41, 5.74) is 0.893. The van der Waals surface area contributed by atoms with Crippen LogP contribution in [-0.4, -0.2) is 25.4 Å². The van der Waals surface area contributed by atoms with Gasteiger partial charge in [-0.05, 0) is 70.5 Å². The number of hydrogen-bond donors (Lipinski definition) is 1. The smallest absolute Gasteiger partial charge is 0.252 e. The van der Waals surface area contributed by atoms with Crippen LogP contribution in [0.15, 0.2) is 77.3 Å². The molecule has 2 amide bonds. The van der Waals surface area contributed by atoms with E-state index < -0.39 is 11.7 Å². The van der Waals surface area contributed by atoms with Gasteiger partial charge in [0.1, 0.15) is 17.3 Å². The molecule has 0 bridgehead atoms. The molecule has 3 rings (SSSR count). The lowest BCUT2D eigenvalue weighted by Crippen LogP contribution is -2.32. The predicted molar refractivity (Wildman–Crippen MR) is 117 cm³/mol. The van der Waals surface area contributed by atoms with Crippen LogP contribution in [0.25, 0.3) is 0 Å². The molecule has 3 aromatic carbocycles. The first-order valence-electron chi connectivity index (χ1n) is 9.27. The highest BCUT2D eigenvalue weighted by atomic mass is 79.9. The topological polar surface area (TPSA) is 58.6 Å². The zero-order chi connectivity index (χ0) is 21.5. The van der Waals surface area contributed by atoms with Gasteiger partial charge in [-0.2, -0.15) is 0 Å². The minimum absolute atomic E-state index is 0.109. The van der Waals surface area contributed by atoms with Crippen LogP contribution in [0.5, 0.6) is 11.5 Å². The van der Waals surface area contributed by atoms with Crippen molar-refractivity contribution in [2.24, 2.45) is 0 Å². The summed E-state index contributed by atoms with van der Waals surface area (Å²) >= 11 is 3.22. The molecule has 0 aliphatic heterocycles. The highest BCUT2D eigenvalue weighted by Crippen LogP contribution is 2.24. The summed E-state index contributed by atoms with van der Waals surface area (Å²) in [5.74, 6) is 0.289. The number of hydrogen-bond acceptors (Lipinski definition) is 3. The fourth-order valence-corrected chi connectivity index (χ4v) is 3.15. The number of nitrogens with one attached hydrogen (secondary N) is 1. The van der Waals surface area contributed by atoms with Gasteiger partial charge in [-0.3, -0.25) is 9.59 Å². The van der Waals surface area contributed by atoms with E-state index in [9.17, 15) is 14.0 Å². The molecule has 0 heterocycles. The average molecular weight is 471 g/mol. The van der Waals surface area contributed by atoms with Crippen molar-refractivity contribution in [3.05, 3.63) is 88.6 Å². The highest BCUT2D eigenvalue weighted by molar-refractivity contribution is 9.10. The molecule has 154 valence electrons. The number of amides is 2. The summed E-state index contributed by atoms with van der Waals surface area (Å²) in [5, 5.41) is 2.64. The van der Waals surface area contributed by atoms with Gasteiger partial charge in [-0.25, -0.2) is 4.39 Å². The Balaban J connectivity index is 1.51. The van der Waals surface area contributed by atoms with Gasteiger partial charge in [0, 0.05) is 30.2 Å². The van der Waals surface area contributed by atoms with Crippen LogP contribution in [0.2, 0.25) is 0 Å². The van der Waals surface area contributed by atoms with Crippen molar-refractivity contribution in [3.8, 4) is 11.5 Å². The maximum atomic E-state index is 13.3. The molecule has 0 aliphatic rings. The van der Waals surface area contributed by atoms with E-state index in [0.717, 1.165) is 11.8 Å². The molecule has 0 fully saturated rings. The zero-order valence-electron chi connectivity index (χ0n) is 16.3. The summed E-state index contributed by atoms with van der Waals surface area (Å²) in [7, 11) is 1.67. The van der Waals surface area contributed by atoms with E-state index in [2.05, 4.69) is 21.2 Å². The molecule has 7 heteroatoms. The lowest BCUT2D eigenvalue weighted by atomic mass is 10.2. The zero-order valence-corrected chi connectivity index (χ0v) is 17.9. The van der Waals surface area contributed by atoms with Crippen LogP contribution in [0.3, 0.4) is 0 Å². The van der Waals surface area contributed by atoms with Crippen LogP contribution in [0, 0.1) is 5.82 Å². The largest absolute Gasteiger partial charge is 0.457 e. The van der Waals surface area contributed by atoms with Crippen LogP contribution in [-0.2, 0) is 4.79 Å². The number of halogens is 2. The second-order valence-corrected chi connectivity index (χ2v) is 7.35. The molecule has 3 aromatic rings. The van der Waals surface area contributed by atoms with Gasteiger partial charge < -0.3 is 15.0 Å². The Morgan fingerprint density at radius 1 is 1.00 bits per heavy atom. The minimum atomic E-state index is -0.501. The molecule has 1 N–H and O–H groups in total. The van der Waals surface area contributed by atoms with Crippen LogP contribution < -0.4 is 15.0 Å². The Kier molecular flexibility index (Phi) is 7.19. The molecular weight excluding hydrogens is 451 g/mol. The van der Waals surface area contributed by atoms with Crippen LogP contribution >= 0.6 is 15.9 Å². The maximum Gasteiger partial charge on any atom is 0.252 e. The van der Waals surface area contributed by atoms with E-state index in [0.29, 0.717) is 15.9 Å². The number of anilines is 1. The molecule has 0 radical (unpaired) electrons. The van der Waals surface area contributed by atoms with E-state index >= 15 is 0 Å². The number of ether oxygens (including phenoxy) is 1. The number of carbonyl (C=O) groups is 2. The third-order valence-corrected chi connectivity index (χ3v) is 5.07. The monoisotopic (exact) mass is 470 g/mol. The molecule has 0 saturated carbocycles. The second kappa shape index (κ2) is 10.0. The van der Waals surface area contributed by atoms with Crippen molar-refractivity contribution < 1.29 is 18.7 Å². The lowest BCUT2D eigenvalue weighted by molar-refractivity contribution is -0.118. The van der Waals surface area contributed by atoms with Crippen molar-refractivity contribution >= 4 is 33.4 Å². The maximum absolute atomic E-state index is 13.3. The fraction of sp³-hybridized carbons (Fsp3) is 0.130. The molecule has 30 heavy (non-hydrogen) atoms. The third-order valence-electron chi connectivity index (χ3n) is 4.37. The van der Waals surface area contributed by atoms with E-state index in [1.807, 2.05) is 30.3 Å². The average Bonchev–Trinajstić information content (AvgIpc) is 2.76. The first-order chi connectivity index (χ1) is 14.4. The Hall–Kier alpha value is -3.19. The van der Waals surface area contributed by atoms with Gasteiger partial charge in [0.25, 0.3) is 5.91 Å². The lowest BCUT2D eigenvalue weighted by Gasteiger charge is -2.18. The summed E-state index contributed by atoms with van der Waals surface area (Å²) in [6.07, 6.45) is 0.109. The molecule has 0 aromatic heterocycles. The van der Waals surface area contributed by atoms with Gasteiger partial charge in [0.05, 0.1) is 5.56 Å². The minimum Gasteiger partial charge on any atom is -0.457 e. The fourth-order valence-electron chi connectivity index (χ4n) is 2.72. The van der Waals surface area contributed by atoms with Gasteiger partial charge in [-0.1, -0.05) is 18.2 Å². The summed E-state index contributed by atoms with van der Waals surface area (Å²) in [6, 6.07) is 20.4. The normalized spacial score (nSPS) is 10.4. The molecular formula is C23H20BrFN2O3. The molecule has 0 unspecified atom stereocenters. The van der Waals surface area contributed by atoms with Crippen molar-refractivity contribution in [2.75, 3.05) is 18.5 Å². The number of rotatable bonds is 7. The second-order valence-electron chi connectivity index (χ2n) is 6.49. The predicted octanol–water partition coefficient (Wildman–Crippen LogP) is 5.16. The Labute approximate surface area is 182 Å². The van der Waals surface area contributed by atoms with Crippen molar-refractivity contribution in [2.45, 2.75) is 6.42 Å². The standard InChI is InChI=1S/C23H20BrFN2O3/c1-27(17-8-10-19(11-9-17)30-18-5-3-2-4-6-18)22(28)13-14-26-23(29)20-15-16(25)7-12-21(20)24/h2-12,15H,13-14H2,1H3,(H,26,29). The van der Waals surface area contributed by atoms with E-state index in [1.165, 1.54) is 17.0 Å². The van der Waals surface area contributed by atoms with E-state index in [-0.39, 0.29) is 24.4 Å². The summed E-state index contributed by atoms with van der Waals surface area (Å²) < 4.78 is 19.6. The number of para-hydroxylation sites is 1. The third kappa shape index (κ3) is 5.67. The summed E-state index contributed by atoms with van der Waals surface area (Å²) in [6.45, 7) is 0.139. The SMILES string of the molecule is CN(C(=O)CCNC(=O)c1cc(F)ccc1Br)c1ccc(Oc2ccccc2)cc1. The van der Waals surface area contributed by atoms with Gasteiger partial charge in [0.2, 0.25) is 5.91 Å². The summed E-state index contributed by atoms with van der Waals surface area (Å²) in [4.78, 5) is 26.1. The van der Waals surface area contributed by atoms with E-state index in [1.54, 1.807) is 31.3 Å². The van der Waals surface area contributed by atoms with Crippen molar-refractivity contribution in [3.63, 3.8) is 0 Å².